The molecule has 0 unspecified atom stereocenters. The molecule has 57 heavy (non-hydrogen) atoms. The second-order valence-corrected chi connectivity index (χ2v) is 17.9. The van der Waals surface area contributed by atoms with E-state index in [-0.39, 0.29) is 59.0 Å². The minimum Gasteiger partial charge on any atom is -0.466 e. The first-order chi connectivity index (χ1) is 26.9. The number of cyclic esters (lactones) is 3. The molecule has 2 aliphatic heterocycles. The summed E-state index contributed by atoms with van der Waals surface area (Å²) in [6.45, 7) is 6.55. The van der Waals surface area contributed by atoms with E-state index in [1.165, 1.54) is 27.0 Å². The lowest BCUT2D eigenvalue weighted by molar-refractivity contribution is -0.191. The van der Waals surface area contributed by atoms with Crippen molar-refractivity contribution >= 4 is 41.6 Å². The van der Waals surface area contributed by atoms with Gasteiger partial charge in [-0.25, -0.2) is 19.2 Å². The molecule has 1 spiro atoms. The first-order valence-electron chi connectivity index (χ1n) is 19.6. The predicted octanol–water partition coefficient (Wildman–Crippen LogP) is 1.92. The Hall–Kier alpha value is -4.63. The number of Topliss-reactive ketones (excluding diaryl/α,β-unsaturated/α-hetero) is 1. The van der Waals surface area contributed by atoms with E-state index in [0.717, 1.165) is 24.5 Å². The number of rotatable bonds is 2. The zero-order valence-corrected chi connectivity index (χ0v) is 32.6. The first kappa shape index (κ1) is 37.9. The van der Waals surface area contributed by atoms with Crippen molar-refractivity contribution in [2.75, 3.05) is 26.9 Å². The number of fused-ring (bicyclic) bond motifs is 7. The number of aliphatic hydroxyl groups excluding tert-OH is 1. The molecule has 0 radical (unpaired) electrons. The van der Waals surface area contributed by atoms with E-state index in [9.17, 15) is 43.8 Å². The number of ketones is 1. The van der Waals surface area contributed by atoms with Crippen LogP contribution in [0.4, 0.5) is 0 Å². The molecular formula is C42H46O15. The third-order valence-corrected chi connectivity index (χ3v) is 15.6. The summed E-state index contributed by atoms with van der Waals surface area (Å²) < 4.78 is 33.6. The van der Waals surface area contributed by atoms with Crippen molar-refractivity contribution in [2.45, 2.75) is 90.1 Å². The molecule has 9 aliphatic rings. The van der Waals surface area contributed by atoms with Crippen LogP contribution in [0.1, 0.15) is 66.7 Å². The van der Waals surface area contributed by atoms with E-state index in [0.29, 0.717) is 18.4 Å². The number of aliphatic hydroxyl groups is 2. The standard InChI is InChI=1S/C42H46O15/c1-16-7-8-53-38(50)26(56-18(3)43)13-29(44)54-14-21-23-12-27-39(4,24-11-25(24)41(27,51)15-55-35(16)47)28-10-20-19-9-22(19)40(5)31(20)32(42(23,28)57-37(21)49)30(33(45)34(40)46)17(2)36(48)52-6/h7,19,22,24-28,32,34,46,51H,8-15H2,1-6H3/b16-7-,30-17-/t19-,22-,24-,25+,26+,27-,28+,32+,34+,39+,40+,41+,42+/m1/s1. The highest BCUT2D eigenvalue weighted by atomic mass is 16.6. The highest BCUT2D eigenvalue weighted by Gasteiger charge is 2.84. The molecule has 9 rings (SSSR count). The van der Waals surface area contributed by atoms with Crippen molar-refractivity contribution in [1.29, 1.82) is 0 Å². The van der Waals surface area contributed by atoms with Crippen molar-refractivity contribution in [3.8, 4) is 0 Å². The van der Waals surface area contributed by atoms with Gasteiger partial charge in [0.2, 0.25) is 6.10 Å². The summed E-state index contributed by atoms with van der Waals surface area (Å²) in [4.78, 5) is 94.1. The van der Waals surface area contributed by atoms with Crippen LogP contribution in [-0.2, 0) is 62.0 Å². The molecule has 0 aromatic heterocycles. The summed E-state index contributed by atoms with van der Waals surface area (Å²) in [6.07, 6.45) is -0.760. The Morgan fingerprint density at radius 3 is 2.35 bits per heavy atom. The summed E-state index contributed by atoms with van der Waals surface area (Å²) in [5.41, 5.74) is -2.60. The molecule has 2 heterocycles. The second-order valence-electron chi connectivity index (χ2n) is 17.9. The summed E-state index contributed by atoms with van der Waals surface area (Å²) in [7, 11) is 1.20. The van der Waals surface area contributed by atoms with Crippen LogP contribution in [-0.4, -0.2) is 102 Å². The number of esters is 6. The van der Waals surface area contributed by atoms with Gasteiger partial charge in [0.15, 0.2) is 5.78 Å². The van der Waals surface area contributed by atoms with E-state index in [1.54, 1.807) is 0 Å². The number of allylic oxidation sites excluding steroid dienone is 1. The third kappa shape index (κ3) is 4.81. The van der Waals surface area contributed by atoms with Crippen molar-refractivity contribution in [1.82, 2.24) is 0 Å². The van der Waals surface area contributed by atoms with Gasteiger partial charge >= 0.3 is 35.8 Å². The Morgan fingerprint density at radius 1 is 0.912 bits per heavy atom. The third-order valence-electron chi connectivity index (χ3n) is 15.6. The molecular weight excluding hydrogens is 744 g/mol. The molecule has 0 aromatic carbocycles. The number of hydrogen-bond acceptors (Lipinski definition) is 15. The van der Waals surface area contributed by atoms with Gasteiger partial charge in [-0.1, -0.05) is 19.4 Å². The maximum Gasteiger partial charge on any atom is 0.348 e. The van der Waals surface area contributed by atoms with E-state index >= 15 is 0 Å². The fourth-order valence-electron chi connectivity index (χ4n) is 13.0. The second kappa shape index (κ2) is 12.2. The SMILES string of the molecule is COC(=O)/C(C)=C1\C(=O)[C@H](O)[C@]2(C)C3=C(C[C@@H]4[C@]5(OC(=O)C6=C5C[C@H]5[C@](O)(COC(=O)/C(C)=C\COC(=O)[C@@H](OC(C)=O)CC(=O)OC6)[C@H]6C[C@H]6[C@]45C)[C@H]31)[C@H]1C[C@H]12. The molecule has 15 heteroatoms. The van der Waals surface area contributed by atoms with Gasteiger partial charge in [0, 0.05) is 40.9 Å². The molecule has 7 aliphatic carbocycles. The fraction of sp³-hybridized carbons (Fsp3) is 0.643. The Morgan fingerprint density at radius 2 is 1.65 bits per heavy atom. The molecule has 0 saturated heterocycles. The summed E-state index contributed by atoms with van der Waals surface area (Å²) in [5.74, 6) is -8.40. The van der Waals surface area contributed by atoms with Crippen molar-refractivity contribution in [2.24, 2.45) is 52.3 Å². The van der Waals surface area contributed by atoms with Crippen LogP contribution < -0.4 is 0 Å². The largest absolute Gasteiger partial charge is 0.466 e. The first-order valence-corrected chi connectivity index (χ1v) is 19.6. The molecule has 5 fully saturated rings. The summed E-state index contributed by atoms with van der Waals surface area (Å²) >= 11 is 0. The van der Waals surface area contributed by atoms with Gasteiger partial charge in [-0.05, 0) is 85.8 Å². The maximum absolute atomic E-state index is 14.7. The van der Waals surface area contributed by atoms with Gasteiger partial charge < -0.3 is 38.6 Å². The Bertz CT molecular complexity index is 2120. The minimum atomic E-state index is -1.70. The lowest BCUT2D eigenvalue weighted by Crippen LogP contribution is -2.67. The average molecular weight is 791 g/mol. The van der Waals surface area contributed by atoms with Gasteiger partial charge in [-0.3, -0.25) is 14.4 Å². The molecule has 304 valence electrons. The molecule has 0 amide bonds. The Labute approximate surface area is 327 Å². The molecule has 2 bridgehead atoms. The highest BCUT2D eigenvalue weighted by Crippen LogP contribution is 2.83. The minimum absolute atomic E-state index is 0.00455. The number of carbonyl (C=O) groups excluding carboxylic acids is 7. The normalized spacial score (nSPS) is 46.0. The monoisotopic (exact) mass is 790 g/mol. The van der Waals surface area contributed by atoms with Gasteiger partial charge in [-0.15, -0.1) is 0 Å². The quantitative estimate of drug-likeness (QED) is 0.177. The van der Waals surface area contributed by atoms with Crippen molar-refractivity contribution < 1.29 is 72.2 Å². The summed E-state index contributed by atoms with van der Waals surface area (Å²) in [5, 5.41) is 24.7. The van der Waals surface area contributed by atoms with Crippen molar-refractivity contribution in [3.63, 3.8) is 0 Å². The maximum atomic E-state index is 14.7. The molecule has 13 atom stereocenters. The smallest absolute Gasteiger partial charge is 0.348 e. The molecule has 0 aromatic rings. The van der Waals surface area contributed by atoms with E-state index in [4.69, 9.17) is 28.4 Å². The van der Waals surface area contributed by atoms with E-state index in [2.05, 4.69) is 6.92 Å². The van der Waals surface area contributed by atoms with Crippen LogP contribution in [0.25, 0.3) is 0 Å². The van der Waals surface area contributed by atoms with Gasteiger partial charge in [0.1, 0.15) is 37.1 Å². The topological polar surface area (TPSA) is 215 Å². The van der Waals surface area contributed by atoms with Crippen LogP contribution in [0.2, 0.25) is 0 Å². The van der Waals surface area contributed by atoms with Crippen LogP contribution in [0, 0.1) is 52.3 Å². The van der Waals surface area contributed by atoms with Gasteiger partial charge in [0.25, 0.3) is 0 Å². The zero-order valence-electron chi connectivity index (χ0n) is 32.6. The van der Waals surface area contributed by atoms with Crippen molar-refractivity contribution in [3.05, 3.63) is 45.1 Å². The molecule has 5 saturated carbocycles. The van der Waals surface area contributed by atoms with Crippen LogP contribution >= 0.6 is 0 Å². The van der Waals surface area contributed by atoms with Gasteiger partial charge in [-0.2, -0.15) is 0 Å². The fourth-order valence-corrected chi connectivity index (χ4v) is 13.0. The van der Waals surface area contributed by atoms with E-state index < -0.39 is 113 Å². The van der Waals surface area contributed by atoms with Crippen LogP contribution in [0.3, 0.4) is 0 Å². The molecule has 15 nitrogen and oxygen atoms in total. The van der Waals surface area contributed by atoms with Crippen LogP contribution in [0.15, 0.2) is 45.1 Å². The number of carbonyl (C=O) groups is 7. The van der Waals surface area contributed by atoms with Gasteiger partial charge in [0.05, 0.1) is 25.0 Å². The molecule has 2 N–H and O–H groups in total. The predicted molar refractivity (Wildman–Crippen MR) is 189 cm³/mol. The highest BCUT2D eigenvalue weighted by molar-refractivity contribution is 6.09. The summed E-state index contributed by atoms with van der Waals surface area (Å²) in [6, 6.07) is 0. The van der Waals surface area contributed by atoms with Crippen LogP contribution in [0.5, 0.6) is 0 Å². The number of hydrogen-bond donors (Lipinski definition) is 2. The average Bonchev–Trinajstić information content (AvgIpc) is 4.08. The number of methoxy groups -OCH3 is 1. The zero-order chi connectivity index (χ0) is 40.9. The van der Waals surface area contributed by atoms with E-state index in [1.807, 2.05) is 6.92 Å². The lowest BCUT2D eigenvalue weighted by Gasteiger charge is -2.63. The Kier molecular flexibility index (Phi) is 8.11. The number of ether oxygens (including phenoxy) is 6. The Balaban J connectivity index is 1.25. The lowest BCUT2D eigenvalue weighted by atomic mass is 9.42.